The van der Waals surface area contributed by atoms with Crippen molar-refractivity contribution in [1.82, 2.24) is 15.1 Å². The van der Waals surface area contributed by atoms with E-state index in [1.807, 2.05) is 49.7 Å². The number of aryl methyl sites for hydroxylation is 1. The van der Waals surface area contributed by atoms with Gasteiger partial charge in [0.05, 0.1) is 17.4 Å². The van der Waals surface area contributed by atoms with Gasteiger partial charge in [0.1, 0.15) is 0 Å². The van der Waals surface area contributed by atoms with Gasteiger partial charge in [-0.3, -0.25) is 9.59 Å². The van der Waals surface area contributed by atoms with E-state index >= 15 is 0 Å². The summed E-state index contributed by atoms with van der Waals surface area (Å²) >= 11 is 0. The molecule has 0 aliphatic carbocycles. The zero-order valence-corrected chi connectivity index (χ0v) is 14.5. The molecule has 1 aromatic heterocycles. The second-order valence-corrected chi connectivity index (χ2v) is 5.97. The number of carbonyl (C=O) groups excluding carboxylic acids is 1. The third-order valence-corrected chi connectivity index (χ3v) is 4.09. The number of nitrogens with one attached hydrogen (secondary N) is 1. The lowest BCUT2D eigenvalue weighted by Crippen LogP contribution is -2.23. The summed E-state index contributed by atoms with van der Waals surface area (Å²) in [5, 5.41) is 16.3. The molecule has 1 heterocycles. The van der Waals surface area contributed by atoms with Gasteiger partial charge in [0.15, 0.2) is 0 Å². The molecule has 0 bridgehead atoms. The van der Waals surface area contributed by atoms with Crippen LogP contribution in [-0.4, -0.2) is 26.8 Å². The minimum Gasteiger partial charge on any atom is -0.481 e. The molecule has 128 valence electrons. The molecule has 2 rings (SSSR count). The maximum Gasteiger partial charge on any atom is 0.303 e. The van der Waals surface area contributed by atoms with Gasteiger partial charge in [-0.1, -0.05) is 12.1 Å². The molecule has 0 saturated heterocycles. The van der Waals surface area contributed by atoms with Crippen molar-refractivity contribution in [3.8, 4) is 5.69 Å². The van der Waals surface area contributed by atoms with E-state index in [0.29, 0.717) is 6.42 Å². The number of carboxylic acids is 1. The molecule has 0 saturated carbocycles. The smallest absolute Gasteiger partial charge is 0.303 e. The summed E-state index contributed by atoms with van der Waals surface area (Å²) in [7, 11) is 0. The van der Waals surface area contributed by atoms with Crippen molar-refractivity contribution < 1.29 is 14.7 Å². The van der Waals surface area contributed by atoms with Crippen LogP contribution < -0.4 is 5.32 Å². The van der Waals surface area contributed by atoms with Gasteiger partial charge in [-0.05, 0) is 50.5 Å². The molecule has 2 N–H and O–H groups in total. The van der Waals surface area contributed by atoms with E-state index in [9.17, 15) is 9.59 Å². The van der Waals surface area contributed by atoms with Gasteiger partial charge in [-0.25, -0.2) is 4.68 Å². The molecule has 0 aliphatic rings. The van der Waals surface area contributed by atoms with Crippen molar-refractivity contribution in [2.24, 2.45) is 0 Å². The largest absolute Gasteiger partial charge is 0.481 e. The summed E-state index contributed by atoms with van der Waals surface area (Å²) in [6.07, 6.45) is 0.575. The van der Waals surface area contributed by atoms with Crippen molar-refractivity contribution in [2.75, 3.05) is 0 Å². The molecular formula is C18H23N3O3. The van der Waals surface area contributed by atoms with E-state index < -0.39 is 5.97 Å². The Morgan fingerprint density at radius 2 is 1.88 bits per heavy atom. The monoisotopic (exact) mass is 329 g/mol. The molecule has 1 amide bonds. The zero-order chi connectivity index (χ0) is 17.9. The van der Waals surface area contributed by atoms with Crippen molar-refractivity contribution >= 4 is 11.9 Å². The number of amides is 1. The molecule has 0 fully saturated rings. The summed E-state index contributed by atoms with van der Waals surface area (Å²) in [4.78, 5) is 21.9. The molecule has 2 aromatic rings. The highest BCUT2D eigenvalue weighted by atomic mass is 16.4. The number of nitrogens with zero attached hydrogens (tertiary/aromatic N) is 2. The van der Waals surface area contributed by atoms with Crippen LogP contribution in [0.1, 0.15) is 48.8 Å². The highest BCUT2D eigenvalue weighted by molar-refractivity contribution is 5.73. The first kappa shape index (κ1) is 17.7. The summed E-state index contributed by atoms with van der Waals surface area (Å²) in [6, 6.07) is 7.78. The molecule has 0 spiro atoms. The molecule has 0 aliphatic heterocycles. The highest BCUT2D eigenvalue weighted by Gasteiger charge is 2.14. The van der Waals surface area contributed by atoms with Crippen LogP contribution in [0.3, 0.4) is 0 Å². The molecule has 1 unspecified atom stereocenters. The Morgan fingerprint density at radius 1 is 1.25 bits per heavy atom. The summed E-state index contributed by atoms with van der Waals surface area (Å²) in [5.41, 5.74) is 4.71. The lowest BCUT2D eigenvalue weighted by molar-refractivity contribution is -0.137. The number of hydrogen-bond acceptors (Lipinski definition) is 3. The third kappa shape index (κ3) is 4.01. The summed E-state index contributed by atoms with van der Waals surface area (Å²) in [6.45, 7) is 7.28. The van der Waals surface area contributed by atoms with E-state index in [0.717, 1.165) is 28.2 Å². The second-order valence-electron chi connectivity index (χ2n) is 5.97. The van der Waals surface area contributed by atoms with Crippen LogP contribution in [-0.2, 0) is 16.0 Å². The highest BCUT2D eigenvalue weighted by Crippen LogP contribution is 2.21. The normalized spacial score (nSPS) is 12.0. The van der Waals surface area contributed by atoms with Gasteiger partial charge in [0.2, 0.25) is 5.91 Å². The Balaban J connectivity index is 2.24. The number of hydrogen-bond donors (Lipinski definition) is 2. The van der Waals surface area contributed by atoms with Gasteiger partial charge in [-0.15, -0.1) is 0 Å². The van der Waals surface area contributed by atoms with E-state index in [1.165, 1.54) is 6.92 Å². The quantitative estimate of drug-likeness (QED) is 0.853. The summed E-state index contributed by atoms with van der Waals surface area (Å²) < 4.78 is 1.83. The Labute approximate surface area is 141 Å². The Hall–Kier alpha value is -2.63. The average Bonchev–Trinajstić information content (AvgIpc) is 2.79. The number of carboxylic acid groups (broad SMARTS) is 1. The van der Waals surface area contributed by atoms with E-state index in [-0.39, 0.29) is 18.4 Å². The zero-order valence-electron chi connectivity index (χ0n) is 14.5. The first-order valence-corrected chi connectivity index (χ1v) is 7.94. The number of rotatable bonds is 6. The van der Waals surface area contributed by atoms with Crippen LogP contribution in [0.4, 0.5) is 0 Å². The molecular weight excluding hydrogens is 306 g/mol. The van der Waals surface area contributed by atoms with Crippen LogP contribution in [0.25, 0.3) is 5.69 Å². The minimum absolute atomic E-state index is 0.0527. The second kappa shape index (κ2) is 7.29. The minimum atomic E-state index is -0.808. The Kier molecular flexibility index (Phi) is 5.39. The molecule has 6 heteroatoms. The van der Waals surface area contributed by atoms with Gasteiger partial charge in [0.25, 0.3) is 0 Å². The first-order valence-electron chi connectivity index (χ1n) is 7.94. The number of carbonyl (C=O) groups is 2. The van der Waals surface area contributed by atoms with Crippen LogP contribution in [0.15, 0.2) is 24.3 Å². The van der Waals surface area contributed by atoms with Crippen molar-refractivity contribution in [2.45, 2.75) is 46.6 Å². The summed E-state index contributed by atoms with van der Waals surface area (Å²) in [5.74, 6) is -0.869. The lowest BCUT2D eigenvalue weighted by atomic mass is 10.1. The fraction of sp³-hybridized carbons (Fsp3) is 0.389. The van der Waals surface area contributed by atoms with Crippen LogP contribution in [0.2, 0.25) is 0 Å². The fourth-order valence-corrected chi connectivity index (χ4v) is 2.81. The van der Waals surface area contributed by atoms with Crippen molar-refractivity contribution in [3.05, 3.63) is 46.8 Å². The Morgan fingerprint density at radius 3 is 2.42 bits per heavy atom. The lowest BCUT2D eigenvalue weighted by Gasteiger charge is -2.13. The molecule has 0 radical (unpaired) electrons. The van der Waals surface area contributed by atoms with Gasteiger partial charge < -0.3 is 10.4 Å². The third-order valence-electron chi connectivity index (χ3n) is 4.09. The van der Waals surface area contributed by atoms with E-state index in [2.05, 4.69) is 10.4 Å². The fourth-order valence-electron chi connectivity index (χ4n) is 2.81. The van der Waals surface area contributed by atoms with Crippen LogP contribution >= 0.6 is 0 Å². The SMILES string of the molecule is CC(=O)NC(C)c1ccc(-n2nc(C)c(CCC(=O)O)c2C)cc1. The van der Waals surface area contributed by atoms with E-state index in [1.54, 1.807) is 0 Å². The first-order chi connectivity index (χ1) is 11.3. The van der Waals surface area contributed by atoms with Gasteiger partial charge in [0, 0.05) is 19.0 Å². The topological polar surface area (TPSA) is 84.2 Å². The van der Waals surface area contributed by atoms with Crippen molar-refractivity contribution in [3.63, 3.8) is 0 Å². The maximum atomic E-state index is 11.1. The number of aliphatic carboxylic acids is 1. The molecule has 1 atom stereocenters. The predicted molar refractivity (Wildman–Crippen MR) is 91.2 cm³/mol. The number of aromatic nitrogens is 2. The average molecular weight is 329 g/mol. The molecule has 1 aromatic carbocycles. The maximum absolute atomic E-state index is 11.1. The molecule has 6 nitrogen and oxygen atoms in total. The van der Waals surface area contributed by atoms with Gasteiger partial charge >= 0.3 is 5.97 Å². The standard InChI is InChI=1S/C18H23N3O3/c1-11(19-14(4)22)15-5-7-16(8-6-15)21-13(3)17(12(2)20-21)9-10-18(23)24/h5-8,11H,9-10H2,1-4H3,(H,19,22)(H,23,24). The number of benzene rings is 1. The Bertz CT molecular complexity index is 748. The molecule has 24 heavy (non-hydrogen) atoms. The van der Waals surface area contributed by atoms with Crippen LogP contribution in [0.5, 0.6) is 0 Å². The van der Waals surface area contributed by atoms with E-state index in [4.69, 9.17) is 5.11 Å². The predicted octanol–water partition coefficient (Wildman–Crippen LogP) is 2.70. The van der Waals surface area contributed by atoms with Crippen LogP contribution in [0, 0.1) is 13.8 Å². The van der Waals surface area contributed by atoms with Gasteiger partial charge in [-0.2, -0.15) is 5.10 Å². The van der Waals surface area contributed by atoms with Crippen molar-refractivity contribution in [1.29, 1.82) is 0 Å².